The highest BCUT2D eigenvalue weighted by Gasteiger charge is 2.26. The summed E-state index contributed by atoms with van der Waals surface area (Å²) in [5, 5.41) is 28.1. The summed E-state index contributed by atoms with van der Waals surface area (Å²) in [6.45, 7) is 0.295. The molecule has 2 amide bonds. The van der Waals surface area contributed by atoms with E-state index in [4.69, 9.17) is 9.52 Å². The minimum atomic E-state index is -1.64. The minimum absolute atomic E-state index is 0.00522. The first kappa shape index (κ1) is 21.6. The lowest BCUT2D eigenvalue weighted by atomic mass is 10.2. The van der Waals surface area contributed by atoms with Crippen LogP contribution in [-0.2, 0) is 26.1 Å². The molecule has 3 rings (SSSR count). The second kappa shape index (κ2) is 9.59. The molecule has 2 aromatic rings. The molecule has 0 radical (unpaired) electrons. The summed E-state index contributed by atoms with van der Waals surface area (Å²) < 4.78 is 22.1. The SMILES string of the molecule is O=C(CS(=O)Cc1nc(-c2cccc(O)c2)oc1O)N1CCN(C(=O)OCO)CC1. The van der Waals surface area contributed by atoms with Gasteiger partial charge in [-0.25, -0.2) is 9.78 Å². The van der Waals surface area contributed by atoms with Crippen LogP contribution in [0.25, 0.3) is 11.5 Å². The van der Waals surface area contributed by atoms with Gasteiger partial charge in [0.15, 0.2) is 6.79 Å². The Kier molecular flexibility index (Phi) is 6.90. The molecule has 1 fully saturated rings. The van der Waals surface area contributed by atoms with Gasteiger partial charge in [-0.05, 0) is 18.2 Å². The number of hydrogen-bond acceptors (Lipinski definition) is 9. The molecule has 2 heterocycles. The van der Waals surface area contributed by atoms with E-state index in [9.17, 15) is 24.0 Å². The van der Waals surface area contributed by atoms with Crippen LogP contribution in [0.4, 0.5) is 4.79 Å². The summed E-state index contributed by atoms with van der Waals surface area (Å²) in [6, 6.07) is 6.10. The van der Waals surface area contributed by atoms with Crippen LogP contribution in [0.1, 0.15) is 5.69 Å². The minimum Gasteiger partial charge on any atom is -0.508 e. The van der Waals surface area contributed by atoms with Crippen LogP contribution < -0.4 is 0 Å². The first-order chi connectivity index (χ1) is 14.4. The van der Waals surface area contributed by atoms with Crippen molar-refractivity contribution in [1.82, 2.24) is 14.8 Å². The van der Waals surface area contributed by atoms with Crippen molar-refractivity contribution in [3.8, 4) is 23.1 Å². The zero-order valence-corrected chi connectivity index (χ0v) is 16.7. The Labute approximate surface area is 173 Å². The maximum Gasteiger partial charge on any atom is 0.411 e. The van der Waals surface area contributed by atoms with Crippen molar-refractivity contribution >= 4 is 22.8 Å². The van der Waals surface area contributed by atoms with E-state index in [1.165, 1.54) is 21.9 Å². The van der Waals surface area contributed by atoms with Crippen molar-refractivity contribution in [3.05, 3.63) is 30.0 Å². The summed E-state index contributed by atoms with van der Waals surface area (Å²) in [7, 11) is -1.64. The van der Waals surface area contributed by atoms with Gasteiger partial charge in [0.25, 0.3) is 0 Å². The van der Waals surface area contributed by atoms with Crippen LogP contribution in [-0.4, -0.2) is 85.0 Å². The van der Waals surface area contributed by atoms with Crippen LogP contribution in [0.15, 0.2) is 28.7 Å². The van der Waals surface area contributed by atoms with Crippen molar-refractivity contribution < 1.29 is 38.3 Å². The molecule has 12 heteroatoms. The molecular formula is C18H21N3O8S. The molecule has 1 unspecified atom stereocenters. The van der Waals surface area contributed by atoms with E-state index in [2.05, 4.69) is 9.72 Å². The van der Waals surface area contributed by atoms with E-state index in [0.29, 0.717) is 5.56 Å². The predicted octanol–water partition coefficient (Wildman–Crippen LogP) is 0.232. The first-order valence-electron chi connectivity index (χ1n) is 9.00. The summed E-state index contributed by atoms with van der Waals surface area (Å²) >= 11 is 0. The number of nitrogens with zero attached hydrogens (tertiary/aromatic N) is 3. The van der Waals surface area contributed by atoms with Gasteiger partial charge in [0.2, 0.25) is 11.8 Å². The lowest BCUT2D eigenvalue weighted by molar-refractivity contribution is -0.130. The molecule has 0 spiro atoms. The molecule has 1 saturated heterocycles. The van der Waals surface area contributed by atoms with Crippen LogP contribution in [0.5, 0.6) is 11.7 Å². The fourth-order valence-electron chi connectivity index (χ4n) is 2.92. The van der Waals surface area contributed by atoms with Gasteiger partial charge in [0.05, 0.1) is 5.75 Å². The largest absolute Gasteiger partial charge is 0.508 e. The van der Waals surface area contributed by atoms with E-state index in [1.54, 1.807) is 12.1 Å². The molecule has 0 aliphatic carbocycles. The van der Waals surface area contributed by atoms with Gasteiger partial charge in [-0.3, -0.25) is 9.00 Å². The van der Waals surface area contributed by atoms with Crippen LogP contribution in [0.2, 0.25) is 0 Å². The van der Waals surface area contributed by atoms with Crippen molar-refractivity contribution in [3.63, 3.8) is 0 Å². The third-order valence-electron chi connectivity index (χ3n) is 4.43. The third kappa shape index (κ3) is 5.27. The molecular weight excluding hydrogens is 418 g/mol. The van der Waals surface area contributed by atoms with E-state index < -0.39 is 29.6 Å². The second-order valence-electron chi connectivity index (χ2n) is 6.46. The van der Waals surface area contributed by atoms with Crippen molar-refractivity contribution in [2.24, 2.45) is 0 Å². The summed E-state index contributed by atoms with van der Waals surface area (Å²) in [6.07, 6.45) is -0.655. The number of hydrogen-bond donors (Lipinski definition) is 3. The van der Waals surface area contributed by atoms with E-state index in [1.807, 2.05) is 0 Å². The average molecular weight is 439 g/mol. The summed E-state index contributed by atoms with van der Waals surface area (Å²) in [4.78, 5) is 30.9. The Hall–Kier alpha value is -3.12. The summed E-state index contributed by atoms with van der Waals surface area (Å²) in [5.41, 5.74) is 0.493. The lowest BCUT2D eigenvalue weighted by Crippen LogP contribution is -2.51. The maximum absolute atomic E-state index is 12.4. The molecule has 1 aliphatic rings. The Bertz CT molecular complexity index is 939. The Morgan fingerprint density at radius 3 is 2.53 bits per heavy atom. The number of ether oxygens (including phenoxy) is 1. The number of aromatic nitrogens is 1. The number of carbonyl (C=O) groups excluding carboxylic acids is 2. The normalized spacial score (nSPS) is 15.1. The number of rotatable bonds is 6. The number of benzene rings is 1. The molecule has 1 atom stereocenters. The van der Waals surface area contributed by atoms with E-state index in [-0.39, 0.29) is 60.9 Å². The van der Waals surface area contributed by atoms with Crippen molar-refractivity contribution in [2.75, 3.05) is 38.7 Å². The predicted molar refractivity (Wildman–Crippen MR) is 104 cm³/mol. The average Bonchev–Trinajstić information content (AvgIpc) is 3.08. The first-order valence-corrected chi connectivity index (χ1v) is 10.5. The fourth-order valence-corrected chi connectivity index (χ4v) is 3.97. The highest BCUT2D eigenvalue weighted by molar-refractivity contribution is 7.84. The smallest absolute Gasteiger partial charge is 0.411 e. The van der Waals surface area contributed by atoms with Gasteiger partial charge in [-0.1, -0.05) is 6.07 Å². The van der Waals surface area contributed by atoms with Gasteiger partial charge in [0.1, 0.15) is 17.2 Å². The number of aliphatic hydroxyl groups excluding tert-OH is 1. The molecule has 1 aliphatic heterocycles. The molecule has 162 valence electrons. The second-order valence-corrected chi connectivity index (χ2v) is 7.91. The highest BCUT2D eigenvalue weighted by Crippen LogP contribution is 2.29. The topological polar surface area (TPSA) is 154 Å². The van der Waals surface area contributed by atoms with Gasteiger partial charge in [0, 0.05) is 42.5 Å². The monoisotopic (exact) mass is 439 g/mol. The highest BCUT2D eigenvalue weighted by atomic mass is 32.2. The quantitative estimate of drug-likeness (QED) is 0.537. The number of carbonyl (C=O) groups is 2. The Balaban J connectivity index is 1.54. The Morgan fingerprint density at radius 2 is 1.87 bits per heavy atom. The van der Waals surface area contributed by atoms with Gasteiger partial charge >= 0.3 is 12.0 Å². The van der Waals surface area contributed by atoms with Crippen LogP contribution in [0.3, 0.4) is 0 Å². The molecule has 0 saturated carbocycles. The standard InChI is InChI=1S/C18H21N3O8S/c22-11-28-18(26)21-6-4-20(5-7-21)15(24)10-30(27)9-14-17(25)29-16(19-14)12-2-1-3-13(23)8-12/h1-3,8,22-23,25H,4-7,9-11H2. The van der Waals surface area contributed by atoms with Gasteiger partial charge < -0.3 is 34.3 Å². The molecule has 1 aromatic heterocycles. The van der Waals surface area contributed by atoms with Crippen LogP contribution in [0, 0.1) is 0 Å². The maximum atomic E-state index is 12.4. The van der Waals surface area contributed by atoms with Crippen molar-refractivity contribution in [1.29, 1.82) is 0 Å². The number of amides is 2. The zero-order chi connectivity index (χ0) is 21.7. The molecule has 30 heavy (non-hydrogen) atoms. The molecule has 0 bridgehead atoms. The zero-order valence-electron chi connectivity index (χ0n) is 15.9. The van der Waals surface area contributed by atoms with E-state index in [0.717, 1.165) is 0 Å². The fraction of sp³-hybridized carbons (Fsp3) is 0.389. The number of aliphatic hydroxyl groups is 1. The molecule has 3 N–H and O–H groups in total. The molecule has 11 nitrogen and oxygen atoms in total. The third-order valence-corrected chi connectivity index (χ3v) is 5.59. The number of phenols is 1. The lowest BCUT2D eigenvalue weighted by Gasteiger charge is -2.33. The number of phenolic OH excluding ortho intramolecular Hbond substituents is 1. The number of oxazole rings is 1. The van der Waals surface area contributed by atoms with E-state index >= 15 is 0 Å². The van der Waals surface area contributed by atoms with Gasteiger partial charge in [-0.15, -0.1) is 0 Å². The van der Waals surface area contributed by atoms with Crippen LogP contribution >= 0.6 is 0 Å². The van der Waals surface area contributed by atoms with Gasteiger partial charge in [-0.2, -0.15) is 0 Å². The van der Waals surface area contributed by atoms with Crippen molar-refractivity contribution in [2.45, 2.75) is 5.75 Å². The number of aromatic hydroxyl groups is 2. The molecule has 1 aromatic carbocycles. The Morgan fingerprint density at radius 1 is 1.17 bits per heavy atom. The summed E-state index contributed by atoms with van der Waals surface area (Å²) in [5.74, 6) is -1.22. The number of piperazine rings is 1.